The lowest BCUT2D eigenvalue weighted by Crippen LogP contribution is -2.46. The van der Waals surface area contributed by atoms with E-state index in [2.05, 4.69) is 48.5 Å². The molecule has 0 heterocycles. The molecule has 8 heteroatoms. The van der Waals surface area contributed by atoms with Crippen LogP contribution in [-0.4, -0.2) is 69.8 Å². The van der Waals surface area contributed by atoms with Crippen molar-refractivity contribution in [1.82, 2.24) is 0 Å². The number of ether oxygens (including phenoxy) is 4. The minimum atomic E-state index is -0.709. The van der Waals surface area contributed by atoms with Crippen molar-refractivity contribution in [1.29, 1.82) is 0 Å². The Bertz CT molecular complexity index is 637. The van der Waals surface area contributed by atoms with Gasteiger partial charge in [0, 0.05) is 52.8 Å². The van der Waals surface area contributed by atoms with Crippen molar-refractivity contribution >= 4 is 51.0 Å². The van der Waals surface area contributed by atoms with Gasteiger partial charge in [0.15, 0.2) is 0 Å². The van der Waals surface area contributed by atoms with E-state index in [-0.39, 0.29) is 0 Å². The maximum absolute atomic E-state index is 5.84. The molecule has 2 aromatic carbocycles. The number of methoxy groups -OCH3 is 4. The highest BCUT2D eigenvalue weighted by Gasteiger charge is 2.31. The van der Waals surface area contributed by atoms with Gasteiger partial charge in [-0.05, 0) is 0 Å². The van der Waals surface area contributed by atoms with Gasteiger partial charge in [0.1, 0.15) is 29.9 Å². The molecule has 0 aromatic heterocycles. The first kappa shape index (κ1) is 25.7. The highest BCUT2D eigenvalue weighted by molar-refractivity contribution is 8.76. The van der Waals surface area contributed by atoms with Crippen molar-refractivity contribution in [2.75, 3.05) is 39.9 Å². The van der Waals surface area contributed by atoms with Gasteiger partial charge in [0.2, 0.25) is 0 Å². The van der Waals surface area contributed by atoms with E-state index in [9.17, 15) is 0 Å². The lowest BCUT2D eigenvalue weighted by molar-refractivity contribution is -0.144. The van der Waals surface area contributed by atoms with Gasteiger partial charge in [-0.2, -0.15) is 0 Å². The van der Waals surface area contributed by atoms with Crippen LogP contribution in [0.1, 0.15) is 12.8 Å². The van der Waals surface area contributed by atoms with Crippen LogP contribution in [0, 0.1) is 0 Å². The van der Waals surface area contributed by atoms with Crippen LogP contribution in [0.4, 0.5) is 0 Å². The Balaban J connectivity index is 1.78. The van der Waals surface area contributed by atoms with Gasteiger partial charge in [-0.3, -0.25) is 0 Å². The highest BCUT2D eigenvalue weighted by Crippen LogP contribution is 2.29. The molecule has 2 aromatic rings. The van der Waals surface area contributed by atoms with E-state index >= 15 is 0 Å². The minimum absolute atomic E-state index is 0.446. The van der Waals surface area contributed by atoms with Crippen LogP contribution >= 0.6 is 21.6 Å². The summed E-state index contributed by atoms with van der Waals surface area (Å²) in [6.45, 7) is 0. The van der Waals surface area contributed by atoms with Gasteiger partial charge in [0.05, 0.1) is 0 Å². The van der Waals surface area contributed by atoms with Crippen LogP contribution in [0.15, 0.2) is 60.7 Å². The fourth-order valence-corrected chi connectivity index (χ4v) is 9.65. The zero-order valence-corrected chi connectivity index (χ0v) is 22.9. The number of benzene rings is 2. The predicted molar refractivity (Wildman–Crippen MR) is 137 cm³/mol. The molecule has 0 aliphatic rings. The second kappa shape index (κ2) is 13.7. The molecular weight excluding hydrogens is 449 g/mol. The summed E-state index contributed by atoms with van der Waals surface area (Å²) in [6, 6.07) is 21.1. The molecule has 2 rings (SSSR count). The predicted octanol–water partition coefficient (Wildman–Crippen LogP) is 2.03. The first-order valence-corrected chi connectivity index (χ1v) is 15.5. The Morgan fingerprint density at radius 1 is 0.600 bits per heavy atom. The molecule has 0 aliphatic carbocycles. The third kappa shape index (κ3) is 8.16. The quantitative estimate of drug-likeness (QED) is 0.167. The maximum atomic E-state index is 5.84. The third-order valence-corrected chi connectivity index (χ3v) is 12.4. The van der Waals surface area contributed by atoms with E-state index in [1.165, 1.54) is 10.4 Å². The summed E-state index contributed by atoms with van der Waals surface area (Å²) in [6.07, 6.45) is 1.77. The highest BCUT2D eigenvalue weighted by atomic mass is 33.1. The van der Waals surface area contributed by atoms with Gasteiger partial charge < -0.3 is 18.9 Å². The first-order valence-electron chi connectivity index (χ1n) is 10.1. The molecule has 0 fully saturated rings. The van der Waals surface area contributed by atoms with Crippen LogP contribution in [-0.2, 0) is 18.9 Å². The first-order chi connectivity index (χ1) is 14.6. The summed E-state index contributed by atoms with van der Waals surface area (Å²) < 4.78 is 23.3. The van der Waals surface area contributed by atoms with E-state index in [0.717, 1.165) is 24.3 Å². The monoisotopic (exact) mass is 482 g/mol. The van der Waals surface area contributed by atoms with Crippen LogP contribution in [0.25, 0.3) is 0 Å². The Morgan fingerprint density at radius 3 is 1.23 bits per heavy atom. The molecule has 0 amide bonds. The topological polar surface area (TPSA) is 36.9 Å². The van der Waals surface area contributed by atoms with Crippen LogP contribution < -0.4 is 10.4 Å². The van der Waals surface area contributed by atoms with Crippen LogP contribution in [0.3, 0.4) is 0 Å². The maximum Gasteiger partial charge on any atom is 0.149 e. The molecule has 0 aliphatic heterocycles. The number of hydrogen-bond acceptors (Lipinski definition) is 6. The molecule has 0 radical (unpaired) electrons. The smallest absolute Gasteiger partial charge is 0.149 e. The zero-order valence-electron chi connectivity index (χ0n) is 18.5. The van der Waals surface area contributed by atoms with Gasteiger partial charge in [-0.1, -0.05) is 92.6 Å². The fraction of sp³-hybridized carbons (Fsp3) is 0.455. The van der Waals surface area contributed by atoms with E-state index in [0.29, 0.717) is 0 Å². The van der Waals surface area contributed by atoms with Gasteiger partial charge in [0.25, 0.3) is 0 Å². The average molecular weight is 483 g/mol. The van der Waals surface area contributed by atoms with Crippen LogP contribution in [0.2, 0.25) is 0 Å². The second-order valence-corrected chi connectivity index (χ2v) is 14.3. The summed E-state index contributed by atoms with van der Waals surface area (Å²) in [7, 11) is 9.37. The normalized spacial score (nSPS) is 13.1. The van der Waals surface area contributed by atoms with Gasteiger partial charge in [-0.25, -0.2) is 0 Å². The minimum Gasteiger partial charge on any atom is -0.357 e. The van der Waals surface area contributed by atoms with Crippen molar-refractivity contribution < 1.29 is 18.9 Å². The van der Waals surface area contributed by atoms with Crippen LogP contribution in [0.5, 0.6) is 0 Å². The standard InChI is InChI=1S/C22H34O4S2Si2/c1-23-21(24-2,29-19-11-7-5-8-12-19)15-17-27-28-18-16-22(25-3,26-4)30-20-13-9-6-10-14-20/h5-14H,15-18,29-30H2,1-4H3. The van der Waals surface area contributed by atoms with E-state index in [1.54, 1.807) is 28.4 Å². The molecule has 0 N–H and O–H groups in total. The number of hydrogen-bond donors (Lipinski definition) is 0. The Labute approximate surface area is 193 Å². The third-order valence-electron chi connectivity index (χ3n) is 5.34. The largest absolute Gasteiger partial charge is 0.357 e. The Morgan fingerprint density at radius 2 is 0.933 bits per heavy atom. The molecule has 0 spiro atoms. The molecule has 4 nitrogen and oxygen atoms in total. The average Bonchev–Trinajstić information content (AvgIpc) is 2.81. The Hall–Kier alpha value is -0.586. The number of rotatable bonds is 15. The summed E-state index contributed by atoms with van der Waals surface area (Å²) in [5.41, 5.74) is -0.893. The van der Waals surface area contributed by atoms with E-state index in [4.69, 9.17) is 18.9 Å². The molecule has 30 heavy (non-hydrogen) atoms. The molecule has 0 saturated carbocycles. The van der Waals surface area contributed by atoms with Crippen molar-refractivity contribution in [3.05, 3.63) is 60.7 Å². The molecule has 0 bridgehead atoms. The second-order valence-electron chi connectivity index (χ2n) is 7.11. The van der Waals surface area contributed by atoms with Crippen molar-refractivity contribution in [2.24, 2.45) is 0 Å². The fourth-order valence-electron chi connectivity index (χ4n) is 3.37. The van der Waals surface area contributed by atoms with Gasteiger partial charge in [-0.15, -0.1) is 0 Å². The molecule has 166 valence electrons. The zero-order chi connectivity index (χ0) is 21.7. The molecular formula is C22H34O4S2Si2. The lowest BCUT2D eigenvalue weighted by Gasteiger charge is -2.31. The molecule has 0 saturated heterocycles. The van der Waals surface area contributed by atoms with Crippen molar-refractivity contribution in [3.8, 4) is 0 Å². The summed E-state index contributed by atoms with van der Waals surface area (Å²) >= 11 is 0. The lowest BCUT2D eigenvalue weighted by atomic mass is 10.4. The van der Waals surface area contributed by atoms with Crippen molar-refractivity contribution in [2.45, 2.75) is 23.7 Å². The molecule has 0 atom stereocenters. The van der Waals surface area contributed by atoms with Gasteiger partial charge >= 0.3 is 0 Å². The summed E-state index contributed by atoms with van der Waals surface area (Å²) in [5.74, 6) is 1.96. The van der Waals surface area contributed by atoms with E-state index < -0.39 is 29.9 Å². The van der Waals surface area contributed by atoms with Crippen molar-refractivity contribution in [3.63, 3.8) is 0 Å². The van der Waals surface area contributed by atoms with E-state index in [1.807, 2.05) is 33.7 Å². The summed E-state index contributed by atoms with van der Waals surface area (Å²) in [5, 5.41) is 2.71. The Kier molecular flexibility index (Phi) is 11.8. The SMILES string of the molecule is COC(CCSSCCC(OC)(OC)[SiH2]c1ccccc1)(OC)[SiH2]c1ccccc1. The molecule has 0 unspecified atom stereocenters. The summed E-state index contributed by atoms with van der Waals surface area (Å²) in [4.78, 5) is 0.